The first-order valence-electron chi connectivity index (χ1n) is 9.18. The van der Waals surface area contributed by atoms with Gasteiger partial charge in [-0.15, -0.1) is 0 Å². The average Bonchev–Trinajstić information content (AvgIpc) is 3.01. The molecular formula is C21H24N2O3S. The van der Waals surface area contributed by atoms with Gasteiger partial charge in [0.05, 0.1) is 23.6 Å². The van der Waals surface area contributed by atoms with E-state index in [1.54, 1.807) is 9.80 Å². The van der Waals surface area contributed by atoms with Crippen LogP contribution in [-0.4, -0.2) is 42.9 Å². The maximum Gasteiger partial charge on any atom is 0.325 e. The van der Waals surface area contributed by atoms with Gasteiger partial charge < -0.3 is 4.90 Å². The molecule has 4 rings (SSSR count). The molecule has 0 radical (unpaired) electrons. The van der Waals surface area contributed by atoms with Crippen molar-refractivity contribution in [1.29, 1.82) is 0 Å². The molecule has 0 bridgehead atoms. The Kier molecular flexibility index (Phi) is 4.26. The van der Waals surface area contributed by atoms with Crippen LogP contribution in [0.1, 0.15) is 22.3 Å². The molecule has 27 heavy (non-hydrogen) atoms. The van der Waals surface area contributed by atoms with Crippen LogP contribution in [0.2, 0.25) is 0 Å². The van der Waals surface area contributed by atoms with Crippen molar-refractivity contribution in [2.45, 2.75) is 39.4 Å². The van der Waals surface area contributed by atoms with Gasteiger partial charge in [-0.3, -0.25) is 4.90 Å². The van der Waals surface area contributed by atoms with Crippen LogP contribution in [0.5, 0.6) is 0 Å². The minimum Gasteiger partial charge on any atom is -0.314 e. The van der Waals surface area contributed by atoms with Crippen LogP contribution >= 0.6 is 0 Å². The maximum atomic E-state index is 13.3. The molecule has 2 aliphatic rings. The van der Waals surface area contributed by atoms with E-state index in [2.05, 4.69) is 0 Å². The Balaban J connectivity index is 1.75. The maximum absolute atomic E-state index is 13.3. The Bertz CT molecular complexity index is 1020. The Morgan fingerprint density at radius 1 is 0.963 bits per heavy atom. The van der Waals surface area contributed by atoms with Crippen LogP contribution in [0.25, 0.3) is 0 Å². The summed E-state index contributed by atoms with van der Waals surface area (Å²) >= 11 is 0. The van der Waals surface area contributed by atoms with Gasteiger partial charge in [0.15, 0.2) is 9.84 Å². The molecule has 2 aliphatic heterocycles. The number of fused-ring (bicyclic) bond motifs is 1. The Hall–Kier alpha value is -2.34. The standard InChI is InChI=1S/C21H24N2O3S/c1-14-5-4-6-17(9-14)11-22-19-12-27(25,26)13-20(19)23(21(22)24)18-10-15(2)7-8-16(18)3/h4-10,19-20H,11-13H2,1-3H3. The highest BCUT2D eigenvalue weighted by Crippen LogP contribution is 2.37. The van der Waals surface area contributed by atoms with Gasteiger partial charge in [0.25, 0.3) is 0 Å². The number of hydrogen-bond acceptors (Lipinski definition) is 3. The third-order valence-corrected chi connectivity index (χ3v) is 7.24. The van der Waals surface area contributed by atoms with Gasteiger partial charge in [-0.1, -0.05) is 42.0 Å². The van der Waals surface area contributed by atoms with E-state index < -0.39 is 9.84 Å². The summed E-state index contributed by atoms with van der Waals surface area (Å²) in [7, 11) is -3.16. The summed E-state index contributed by atoms with van der Waals surface area (Å²) in [5.74, 6) is 0.0672. The number of amides is 2. The largest absolute Gasteiger partial charge is 0.325 e. The van der Waals surface area contributed by atoms with Crippen LogP contribution in [0.3, 0.4) is 0 Å². The first kappa shape index (κ1) is 18.0. The monoisotopic (exact) mass is 384 g/mol. The highest BCUT2D eigenvalue weighted by Gasteiger charge is 2.54. The van der Waals surface area contributed by atoms with Crippen molar-refractivity contribution in [3.05, 3.63) is 64.7 Å². The van der Waals surface area contributed by atoms with E-state index in [0.29, 0.717) is 6.54 Å². The number of carbonyl (C=O) groups excluding carboxylic acids is 1. The molecular weight excluding hydrogens is 360 g/mol. The van der Waals surface area contributed by atoms with Crippen LogP contribution in [-0.2, 0) is 16.4 Å². The summed E-state index contributed by atoms with van der Waals surface area (Å²) in [6.07, 6.45) is 0. The second kappa shape index (κ2) is 6.37. The molecule has 2 unspecified atom stereocenters. The van der Waals surface area contributed by atoms with Crippen molar-refractivity contribution in [1.82, 2.24) is 4.90 Å². The zero-order chi connectivity index (χ0) is 19.3. The van der Waals surface area contributed by atoms with Crippen molar-refractivity contribution in [3.63, 3.8) is 0 Å². The van der Waals surface area contributed by atoms with Gasteiger partial charge in [-0.05, 0) is 43.5 Å². The lowest BCUT2D eigenvalue weighted by atomic mass is 10.1. The fourth-order valence-electron chi connectivity index (χ4n) is 4.23. The summed E-state index contributed by atoms with van der Waals surface area (Å²) in [6.45, 7) is 6.39. The summed E-state index contributed by atoms with van der Waals surface area (Å²) < 4.78 is 24.7. The molecule has 0 saturated carbocycles. The second-order valence-electron chi connectivity index (χ2n) is 7.77. The second-order valence-corrected chi connectivity index (χ2v) is 9.92. The number of rotatable bonds is 3. The molecule has 0 spiro atoms. The molecule has 2 heterocycles. The van der Waals surface area contributed by atoms with Gasteiger partial charge in [0.2, 0.25) is 0 Å². The molecule has 2 fully saturated rings. The van der Waals surface area contributed by atoms with E-state index in [0.717, 1.165) is 27.9 Å². The van der Waals surface area contributed by atoms with Crippen molar-refractivity contribution >= 4 is 21.6 Å². The minimum absolute atomic E-state index is 0.0289. The molecule has 2 saturated heterocycles. The molecule has 2 aromatic carbocycles. The number of nitrogens with zero attached hydrogens (tertiary/aromatic N) is 2. The number of sulfone groups is 1. The molecule has 2 atom stereocenters. The van der Waals surface area contributed by atoms with Gasteiger partial charge in [0, 0.05) is 12.2 Å². The predicted octanol–water partition coefficient (Wildman–Crippen LogP) is 3.22. The third-order valence-electron chi connectivity index (χ3n) is 5.54. The highest BCUT2D eigenvalue weighted by atomic mass is 32.2. The van der Waals surface area contributed by atoms with Gasteiger partial charge in [-0.25, -0.2) is 13.2 Å². The van der Waals surface area contributed by atoms with E-state index in [9.17, 15) is 13.2 Å². The van der Waals surface area contributed by atoms with E-state index in [1.807, 2.05) is 63.2 Å². The Morgan fingerprint density at radius 3 is 2.41 bits per heavy atom. The van der Waals surface area contributed by atoms with E-state index >= 15 is 0 Å². The quantitative estimate of drug-likeness (QED) is 0.764. The van der Waals surface area contributed by atoms with Crippen LogP contribution < -0.4 is 4.90 Å². The smallest absolute Gasteiger partial charge is 0.314 e. The molecule has 2 aromatic rings. The SMILES string of the molecule is Cc1cccc(CN2C(=O)N(c3cc(C)ccc3C)C3CS(=O)(=O)CC32)c1. The van der Waals surface area contributed by atoms with Crippen LogP contribution in [0, 0.1) is 20.8 Å². The first-order valence-corrected chi connectivity index (χ1v) is 11.0. The molecule has 0 aliphatic carbocycles. The third kappa shape index (κ3) is 3.23. The number of hydrogen-bond donors (Lipinski definition) is 0. The lowest BCUT2D eigenvalue weighted by molar-refractivity contribution is 0.206. The summed E-state index contributed by atoms with van der Waals surface area (Å²) in [4.78, 5) is 16.8. The fourth-order valence-corrected chi connectivity index (χ4v) is 6.18. The summed E-state index contributed by atoms with van der Waals surface area (Å²) in [5, 5.41) is 0. The van der Waals surface area contributed by atoms with Crippen molar-refractivity contribution in [3.8, 4) is 0 Å². The summed E-state index contributed by atoms with van der Waals surface area (Å²) in [5.41, 5.74) is 5.00. The number of aryl methyl sites for hydroxylation is 3. The molecule has 2 amide bonds. The zero-order valence-corrected chi connectivity index (χ0v) is 16.7. The fraction of sp³-hybridized carbons (Fsp3) is 0.381. The molecule has 6 heteroatoms. The summed E-state index contributed by atoms with van der Waals surface area (Å²) in [6, 6.07) is 13.3. The van der Waals surface area contributed by atoms with Crippen LogP contribution in [0.4, 0.5) is 10.5 Å². The van der Waals surface area contributed by atoms with E-state index in [1.165, 1.54) is 0 Å². The average molecular weight is 385 g/mol. The first-order chi connectivity index (χ1) is 12.7. The zero-order valence-electron chi connectivity index (χ0n) is 15.8. The van der Waals surface area contributed by atoms with E-state index in [-0.39, 0.29) is 29.6 Å². The lowest BCUT2D eigenvalue weighted by Gasteiger charge is -2.24. The Morgan fingerprint density at radius 2 is 1.67 bits per heavy atom. The Labute approximate surface area is 160 Å². The molecule has 0 N–H and O–H groups in total. The highest BCUT2D eigenvalue weighted by molar-refractivity contribution is 7.91. The molecule has 142 valence electrons. The van der Waals surface area contributed by atoms with Crippen LogP contribution in [0.15, 0.2) is 42.5 Å². The number of benzene rings is 2. The lowest BCUT2D eigenvalue weighted by Crippen LogP contribution is -2.38. The van der Waals surface area contributed by atoms with E-state index in [4.69, 9.17) is 0 Å². The minimum atomic E-state index is -3.16. The molecule has 0 aromatic heterocycles. The number of urea groups is 1. The van der Waals surface area contributed by atoms with Gasteiger partial charge in [0.1, 0.15) is 0 Å². The predicted molar refractivity (Wildman–Crippen MR) is 107 cm³/mol. The molecule has 5 nitrogen and oxygen atoms in total. The van der Waals surface area contributed by atoms with Crippen molar-refractivity contribution in [2.24, 2.45) is 0 Å². The van der Waals surface area contributed by atoms with Crippen molar-refractivity contribution in [2.75, 3.05) is 16.4 Å². The van der Waals surface area contributed by atoms with Gasteiger partial charge in [-0.2, -0.15) is 0 Å². The van der Waals surface area contributed by atoms with Crippen molar-refractivity contribution < 1.29 is 13.2 Å². The van der Waals surface area contributed by atoms with Gasteiger partial charge >= 0.3 is 6.03 Å². The number of anilines is 1. The number of carbonyl (C=O) groups is 1. The normalized spacial score (nSPS) is 23.7. The topological polar surface area (TPSA) is 57.7 Å².